The highest BCUT2D eigenvalue weighted by Crippen LogP contribution is 2.27. The summed E-state index contributed by atoms with van der Waals surface area (Å²) in [5.41, 5.74) is 1.68. The Morgan fingerprint density at radius 1 is 0.875 bits per heavy atom. The summed E-state index contributed by atoms with van der Waals surface area (Å²) in [6, 6.07) is 24.0. The molecule has 0 atom stereocenters. The second kappa shape index (κ2) is 8.11. The number of aromatic nitrogens is 4. The van der Waals surface area contributed by atoms with Crippen LogP contribution in [0.15, 0.2) is 88.2 Å². The van der Waals surface area contributed by atoms with Gasteiger partial charge < -0.3 is 9.26 Å². The van der Waals surface area contributed by atoms with Crippen molar-refractivity contribution >= 4 is 10.8 Å². The molecule has 7 heteroatoms. The number of ether oxygens (including phenoxy) is 1. The molecule has 5 rings (SSSR count). The number of fused-ring (bicyclic) bond motifs is 1. The molecule has 0 N–H and O–H groups in total. The first kappa shape index (κ1) is 19.7. The van der Waals surface area contributed by atoms with E-state index in [1.165, 1.54) is 4.68 Å². The molecule has 158 valence electrons. The van der Waals surface area contributed by atoms with Crippen LogP contribution in [-0.4, -0.2) is 26.0 Å². The lowest BCUT2D eigenvalue weighted by atomic mass is 10.1. The van der Waals surface area contributed by atoms with E-state index in [2.05, 4.69) is 15.2 Å². The average molecular weight is 424 g/mol. The second-order valence-electron chi connectivity index (χ2n) is 7.56. The zero-order chi connectivity index (χ0) is 22.1. The Morgan fingerprint density at radius 3 is 2.28 bits per heavy atom. The first-order valence-electron chi connectivity index (χ1n) is 10.3. The summed E-state index contributed by atoms with van der Waals surface area (Å²) < 4.78 is 12.6. The Kier molecular flexibility index (Phi) is 4.99. The summed E-state index contributed by atoms with van der Waals surface area (Å²) in [6.45, 7) is 3.96. The van der Waals surface area contributed by atoms with Crippen LogP contribution in [0.1, 0.15) is 13.8 Å². The molecule has 0 unspecified atom stereocenters. The van der Waals surface area contributed by atoms with E-state index >= 15 is 0 Å². The molecule has 0 spiro atoms. The van der Waals surface area contributed by atoms with Gasteiger partial charge in [-0.25, -0.2) is 0 Å². The van der Waals surface area contributed by atoms with Crippen LogP contribution in [0, 0.1) is 0 Å². The Bertz CT molecular complexity index is 1440. The fourth-order valence-corrected chi connectivity index (χ4v) is 3.48. The van der Waals surface area contributed by atoms with Gasteiger partial charge in [-0.05, 0) is 56.3 Å². The van der Waals surface area contributed by atoms with Crippen LogP contribution in [0.2, 0.25) is 0 Å². The Hall–Kier alpha value is -4.26. The van der Waals surface area contributed by atoms with Gasteiger partial charge in [-0.2, -0.15) is 14.8 Å². The van der Waals surface area contributed by atoms with Gasteiger partial charge in [0.15, 0.2) is 5.69 Å². The molecule has 2 heterocycles. The highest BCUT2D eigenvalue weighted by Gasteiger charge is 2.19. The molecule has 0 aliphatic rings. The lowest BCUT2D eigenvalue weighted by molar-refractivity contribution is 0.242. The fourth-order valence-electron chi connectivity index (χ4n) is 3.48. The maximum atomic E-state index is 13.1. The van der Waals surface area contributed by atoms with Crippen LogP contribution in [0.3, 0.4) is 0 Å². The average Bonchev–Trinajstić information content (AvgIpc) is 3.30. The van der Waals surface area contributed by atoms with Crippen LogP contribution in [0.4, 0.5) is 0 Å². The van der Waals surface area contributed by atoms with E-state index in [0.717, 1.165) is 11.3 Å². The minimum absolute atomic E-state index is 0.0947. The standard InChI is InChI=1S/C25H20N4O3/c1-16(2)31-19-14-12-17(13-15-19)23-26-24(32-28-23)22-20-10-6-7-11-21(20)25(30)29(27-22)18-8-4-3-5-9-18/h3-16H,1-2H3. The van der Waals surface area contributed by atoms with E-state index in [1.54, 1.807) is 6.07 Å². The van der Waals surface area contributed by atoms with Gasteiger partial charge in [-0.1, -0.05) is 41.6 Å². The number of benzene rings is 3. The predicted molar refractivity (Wildman–Crippen MR) is 122 cm³/mol. The summed E-state index contributed by atoms with van der Waals surface area (Å²) in [4.78, 5) is 17.6. The largest absolute Gasteiger partial charge is 0.491 e. The Labute approximate surface area is 183 Å². The van der Waals surface area contributed by atoms with E-state index in [4.69, 9.17) is 9.26 Å². The molecule has 0 radical (unpaired) electrons. The van der Waals surface area contributed by atoms with Gasteiger partial charge in [0.2, 0.25) is 5.82 Å². The summed E-state index contributed by atoms with van der Waals surface area (Å²) >= 11 is 0. The molecule has 3 aromatic carbocycles. The van der Waals surface area contributed by atoms with Crippen molar-refractivity contribution in [2.24, 2.45) is 0 Å². The van der Waals surface area contributed by atoms with Crippen LogP contribution < -0.4 is 10.3 Å². The molecular weight excluding hydrogens is 404 g/mol. The van der Waals surface area contributed by atoms with E-state index in [0.29, 0.717) is 28.0 Å². The molecule has 0 saturated heterocycles. The molecular formula is C25H20N4O3. The van der Waals surface area contributed by atoms with E-state index in [1.807, 2.05) is 86.6 Å². The van der Waals surface area contributed by atoms with E-state index in [-0.39, 0.29) is 17.6 Å². The third kappa shape index (κ3) is 3.65. The van der Waals surface area contributed by atoms with Crippen molar-refractivity contribution in [2.75, 3.05) is 0 Å². The maximum absolute atomic E-state index is 13.1. The van der Waals surface area contributed by atoms with Gasteiger partial charge in [-0.3, -0.25) is 4.79 Å². The minimum Gasteiger partial charge on any atom is -0.491 e. The molecule has 0 aliphatic heterocycles. The van der Waals surface area contributed by atoms with Crippen molar-refractivity contribution in [3.05, 3.63) is 89.2 Å². The number of hydrogen-bond acceptors (Lipinski definition) is 6. The van der Waals surface area contributed by atoms with Gasteiger partial charge in [-0.15, -0.1) is 0 Å². The maximum Gasteiger partial charge on any atom is 0.279 e. The number of nitrogens with zero attached hydrogens (tertiary/aromatic N) is 4. The lowest BCUT2D eigenvalue weighted by Gasteiger charge is -2.09. The van der Waals surface area contributed by atoms with Gasteiger partial charge in [0, 0.05) is 10.9 Å². The first-order valence-corrected chi connectivity index (χ1v) is 10.3. The third-order valence-corrected chi connectivity index (χ3v) is 4.92. The normalized spacial score (nSPS) is 11.2. The SMILES string of the molecule is CC(C)Oc1ccc(-c2noc(-c3nn(-c4ccccc4)c(=O)c4ccccc34)n2)cc1. The van der Waals surface area contributed by atoms with Crippen molar-refractivity contribution in [1.29, 1.82) is 0 Å². The van der Waals surface area contributed by atoms with Crippen molar-refractivity contribution in [3.63, 3.8) is 0 Å². The van der Waals surface area contributed by atoms with Gasteiger partial charge >= 0.3 is 0 Å². The molecule has 0 aliphatic carbocycles. The van der Waals surface area contributed by atoms with Crippen LogP contribution in [0.5, 0.6) is 5.75 Å². The lowest BCUT2D eigenvalue weighted by Crippen LogP contribution is -2.22. The van der Waals surface area contributed by atoms with Crippen molar-refractivity contribution in [2.45, 2.75) is 20.0 Å². The van der Waals surface area contributed by atoms with Crippen molar-refractivity contribution in [1.82, 2.24) is 19.9 Å². The molecule has 2 aromatic heterocycles. The van der Waals surface area contributed by atoms with E-state index < -0.39 is 0 Å². The Morgan fingerprint density at radius 2 is 1.56 bits per heavy atom. The summed E-state index contributed by atoms with van der Waals surface area (Å²) in [5.74, 6) is 1.44. The number of para-hydroxylation sites is 1. The molecule has 0 saturated carbocycles. The molecule has 32 heavy (non-hydrogen) atoms. The zero-order valence-corrected chi connectivity index (χ0v) is 17.6. The van der Waals surface area contributed by atoms with Gasteiger partial charge in [0.05, 0.1) is 17.2 Å². The topological polar surface area (TPSA) is 83.0 Å². The monoisotopic (exact) mass is 424 g/mol. The third-order valence-electron chi connectivity index (χ3n) is 4.92. The van der Waals surface area contributed by atoms with Gasteiger partial charge in [0.25, 0.3) is 11.4 Å². The van der Waals surface area contributed by atoms with Crippen molar-refractivity contribution in [3.8, 4) is 34.4 Å². The number of hydrogen-bond donors (Lipinski definition) is 0. The molecule has 5 aromatic rings. The molecule has 0 fully saturated rings. The highest BCUT2D eigenvalue weighted by atomic mass is 16.5. The highest BCUT2D eigenvalue weighted by molar-refractivity contribution is 5.92. The van der Waals surface area contributed by atoms with Crippen LogP contribution in [-0.2, 0) is 0 Å². The smallest absolute Gasteiger partial charge is 0.279 e. The minimum atomic E-state index is -0.212. The quantitative estimate of drug-likeness (QED) is 0.399. The fraction of sp³-hybridized carbons (Fsp3) is 0.120. The number of rotatable bonds is 5. The molecule has 0 amide bonds. The first-order chi connectivity index (χ1) is 15.6. The molecule has 7 nitrogen and oxygen atoms in total. The summed E-state index contributed by atoms with van der Waals surface area (Å²) in [6.07, 6.45) is 0.0947. The van der Waals surface area contributed by atoms with E-state index in [9.17, 15) is 4.79 Å². The predicted octanol–water partition coefficient (Wildman–Crippen LogP) is 4.89. The summed E-state index contributed by atoms with van der Waals surface area (Å²) in [7, 11) is 0. The van der Waals surface area contributed by atoms with Gasteiger partial charge in [0.1, 0.15) is 5.75 Å². The zero-order valence-electron chi connectivity index (χ0n) is 17.6. The van der Waals surface area contributed by atoms with Crippen molar-refractivity contribution < 1.29 is 9.26 Å². The second-order valence-corrected chi connectivity index (χ2v) is 7.56. The Balaban J connectivity index is 1.61. The molecule has 0 bridgehead atoms. The summed E-state index contributed by atoms with van der Waals surface area (Å²) in [5, 5.41) is 9.89. The van der Waals surface area contributed by atoms with Crippen LogP contribution in [0.25, 0.3) is 39.4 Å². The van der Waals surface area contributed by atoms with Crippen LogP contribution >= 0.6 is 0 Å².